The molecule has 0 amide bonds. The number of halogens is 4. The van der Waals surface area contributed by atoms with Crippen LogP contribution in [0.4, 0.5) is 13.2 Å². The molecule has 0 N–H and O–H groups in total. The lowest BCUT2D eigenvalue weighted by Gasteiger charge is -2.18. The highest BCUT2D eigenvalue weighted by molar-refractivity contribution is 6.29. The Balaban J connectivity index is 2.63. The molecule has 0 radical (unpaired) electrons. The maximum atomic E-state index is 13.1. The second kappa shape index (κ2) is 6.20. The average molecular weight is 327 g/mol. The van der Waals surface area contributed by atoms with E-state index in [-0.39, 0.29) is 5.15 Å². The van der Waals surface area contributed by atoms with E-state index in [1.54, 1.807) is 19.1 Å². The molecule has 2 rings (SSSR count). The first-order valence-electron chi connectivity index (χ1n) is 6.17. The molecule has 0 saturated heterocycles. The van der Waals surface area contributed by atoms with Crippen molar-refractivity contribution in [1.82, 2.24) is 9.55 Å². The SMILES string of the molecule is CC(c1ccc(Cl)nc1)n1cccc(C(F)(F)F)c1=NC#N. The molecule has 0 aromatic carbocycles. The Morgan fingerprint density at radius 1 is 1.36 bits per heavy atom. The highest BCUT2D eigenvalue weighted by Gasteiger charge is 2.33. The first kappa shape index (κ1) is 16.0. The fourth-order valence-electron chi connectivity index (χ4n) is 2.01. The molecule has 0 aliphatic rings. The number of rotatable bonds is 2. The Morgan fingerprint density at radius 2 is 2.09 bits per heavy atom. The topological polar surface area (TPSA) is 54.0 Å². The van der Waals surface area contributed by atoms with E-state index in [4.69, 9.17) is 16.9 Å². The minimum Gasteiger partial charge on any atom is -0.325 e. The number of alkyl halides is 3. The normalized spacial score (nSPS) is 13.7. The van der Waals surface area contributed by atoms with Crippen molar-refractivity contribution in [3.05, 3.63) is 58.4 Å². The summed E-state index contributed by atoms with van der Waals surface area (Å²) in [7, 11) is 0. The number of nitrogens with zero attached hydrogens (tertiary/aromatic N) is 4. The first-order valence-corrected chi connectivity index (χ1v) is 6.55. The zero-order chi connectivity index (χ0) is 16.3. The Hall–Kier alpha value is -2.33. The number of nitriles is 1. The predicted molar refractivity (Wildman–Crippen MR) is 73.7 cm³/mol. The van der Waals surface area contributed by atoms with E-state index in [9.17, 15) is 13.2 Å². The van der Waals surface area contributed by atoms with Crippen molar-refractivity contribution in [2.75, 3.05) is 0 Å². The maximum absolute atomic E-state index is 13.1. The van der Waals surface area contributed by atoms with E-state index in [1.165, 1.54) is 29.2 Å². The van der Waals surface area contributed by atoms with Gasteiger partial charge in [0.2, 0.25) is 6.19 Å². The third-order valence-electron chi connectivity index (χ3n) is 3.11. The fourth-order valence-corrected chi connectivity index (χ4v) is 2.12. The molecule has 4 nitrogen and oxygen atoms in total. The third kappa shape index (κ3) is 3.28. The second-order valence-electron chi connectivity index (χ2n) is 4.45. The highest BCUT2D eigenvalue weighted by Crippen LogP contribution is 2.27. The summed E-state index contributed by atoms with van der Waals surface area (Å²) in [4.78, 5) is 7.25. The first-order chi connectivity index (χ1) is 10.3. The van der Waals surface area contributed by atoms with Crippen molar-refractivity contribution >= 4 is 11.6 Å². The summed E-state index contributed by atoms with van der Waals surface area (Å²) in [5.74, 6) is 0. The molecule has 1 atom stereocenters. The van der Waals surface area contributed by atoms with E-state index in [0.29, 0.717) is 5.56 Å². The van der Waals surface area contributed by atoms with Gasteiger partial charge in [-0.05, 0) is 30.7 Å². The Kier molecular flexibility index (Phi) is 4.52. The molecule has 0 fully saturated rings. The molecule has 2 heterocycles. The average Bonchev–Trinajstić information content (AvgIpc) is 2.47. The van der Waals surface area contributed by atoms with Crippen molar-refractivity contribution in [1.29, 1.82) is 5.26 Å². The van der Waals surface area contributed by atoms with Gasteiger partial charge >= 0.3 is 6.18 Å². The summed E-state index contributed by atoms with van der Waals surface area (Å²) >= 11 is 5.70. The van der Waals surface area contributed by atoms with Crippen LogP contribution in [-0.4, -0.2) is 9.55 Å². The fraction of sp³-hybridized carbons (Fsp3) is 0.214. The van der Waals surface area contributed by atoms with Gasteiger partial charge in [-0.25, -0.2) is 4.98 Å². The molecule has 1 unspecified atom stereocenters. The smallest absolute Gasteiger partial charge is 0.325 e. The van der Waals surface area contributed by atoms with Crippen LogP contribution < -0.4 is 5.49 Å². The summed E-state index contributed by atoms with van der Waals surface area (Å²) < 4.78 is 40.4. The van der Waals surface area contributed by atoms with Gasteiger partial charge in [0.1, 0.15) is 5.15 Å². The second-order valence-corrected chi connectivity index (χ2v) is 4.84. The summed E-state index contributed by atoms with van der Waals surface area (Å²) in [6, 6.07) is 4.85. The van der Waals surface area contributed by atoms with Crippen LogP contribution in [0.15, 0.2) is 41.7 Å². The van der Waals surface area contributed by atoms with Gasteiger partial charge in [-0.15, -0.1) is 0 Å². The maximum Gasteiger partial charge on any atom is 0.419 e. The van der Waals surface area contributed by atoms with Gasteiger partial charge < -0.3 is 4.57 Å². The quantitative estimate of drug-likeness (QED) is 0.626. The molecule has 2 aromatic heterocycles. The zero-order valence-electron chi connectivity index (χ0n) is 11.3. The number of pyridine rings is 2. The molecule has 0 bridgehead atoms. The number of hydrogen-bond acceptors (Lipinski definition) is 3. The van der Waals surface area contributed by atoms with Crippen LogP contribution in [0.3, 0.4) is 0 Å². The minimum absolute atomic E-state index is 0.284. The lowest BCUT2D eigenvalue weighted by Crippen LogP contribution is -2.31. The van der Waals surface area contributed by atoms with Gasteiger partial charge in [0.05, 0.1) is 11.6 Å². The molecule has 0 saturated carbocycles. The Morgan fingerprint density at radius 3 is 2.64 bits per heavy atom. The minimum atomic E-state index is -4.60. The summed E-state index contributed by atoms with van der Waals surface area (Å²) in [5.41, 5.74) is -0.770. The van der Waals surface area contributed by atoms with Crippen LogP contribution in [0.25, 0.3) is 0 Å². The molecule has 0 aliphatic heterocycles. The predicted octanol–water partition coefficient (Wildman–Crippen LogP) is 3.55. The van der Waals surface area contributed by atoms with Crippen molar-refractivity contribution in [2.45, 2.75) is 19.1 Å². The molecule has 2 aromatic rings. The molecule has 114 valence electrons. The van der Waals surface area contributed by atoms with E-state index in [0.717, 1.165) is 6.07 Å². The lowest BCUT2D eigenvalue weighted by atomic mass is 10.1. The standard InChI is InChI=1S/C14H10ClF3N4/c1-9(10-4-5-12(15)20-7-10)22-6-2-3-11(14(16,17)18)13(22)21-8-19/h2-7,9H,1H3. The number of hydrogen-bond donors (Lipinski definition) is 0. The van der Waals surface area contributed by atoms with Crippen molar-refractivity contribution < 1.29 is 13.2 Å². The van der Waals surface area contributed by atoms with Gasteiger partial charge in [-0.1, -0.05) is 17.7 Å². The summed E-state index contributed by atoms with van der Waals surface area (Å²) in [6.07, 6.45) is -0.277. The number of aromatic nitrogens is 2. The third-order valence-corrected chi connectivity index (χ3v) is 3.33. The molecule has 22 heavy (non-hydrogen) atoms. The molecular weight excluding hydrogens is 317 g/mol. The highest BCUT2D eigenvalue weighted by atomic mass is 35.5. The van der Waals surface area contributed by atoms with Crippen LogP contribution in [0, 0.1) is 11.5 Å². The van der Waals surface area contributed by atoms with Crippen molar-refractivity contribution in [3.63, 3.8) is 0 Å². The van der Waals surface area contributed by atoms with Crippen LogP contribution in [0.2, 0.25) is 5.15 Å². The largest absolute Gasteiger partial charge is 0.419 e. The van der Waals surface area contributed by atoms with Gasteiger partial charge in [0.15, 0.2) is 5.49 Å². The summed E-state index contributed by atoms with van der Waals surface area (Å²) in [6.45, 7) is 1.68. The van der Waals surface area contributed by atoms with E-state index in [2.05, 4.69) is 9.98 Å². The van der Waals surface area contributed by atoms with Crippen LogP contribution in [0.5, 0.6) is 0 Å². The Bertz CT molecular complexity index is 772. The molecular formula is C14H10ClF3N4. The van der Waals surface area contributed by atoms with Gasteiger partial charge in [-0.3, -0.25) is 0 Å². The van der Waals surface area contributed by atoms with E-state index >= 15 is 0 Å². The van der Waals surface area contributed by atoms with Crippen molar-refractivity contribution in [3.8, 4) is 6.19 Å². The Labute approximate surface area is 129 Å². The lowest BCUT2D eigenvalue weighted by molar-refractivity contribution is -0.139. The van der Waals surface area contributed by atoms with Crippen LogP contribution in [0.1, 0.15) is 24.1 Å². The van der Waals surface area contributed by atoms with Gasteiger partial charge in [0, 0.05) is 12.4 Å². The van der Waals surface area contributed by atoms with E-state index < -0.39 is 23.3 Å². The van der Waals surface area contributed by atoms with E-state index in [1.807, 2.05) is 0 Å². The van der Waals surface area contributed by atoms with Gasteiger partial charge in [0.25, 0.3) is 0 Å². The monoisotopic (exact) mass is 326 g/mol. The molecule has 0 aliphatic carbocycles. The van der Waals surface area contributed by atoms with Crippen LogP contribution >= 0.6 is 11.6 Å². The van der Waals surface area contributed by atoms with Crippen LogP contribution in [-0.2, 0) is 6.18 Å². The van der Waals surface area contributed by atoms with Crippen molar-refractivity contribution in [2.24, 2.45) is 4.99 Å². The molecule has 8 heteroatoms. The van der Waals surface area contributed by atoms with Gasteiger partial charge in [-0.2, -0.15) is 23.4 Å². The summed E-state index contributed by atoms with van der Waals surface area (Å²) in [5, 5.41) is 8.98. The molecule has 0 spiro atoms. The zero-order valence-corrected chi connectivity index (χ0v) is 12.1.